The molecule has 1 aromatic carbocycles. The molecule has 0 aliphatic rings. The number of hydrogen-bond acceptors (Lipinski definition) is 2. The highest BCUT2D eigenvalue weighted by Gasteiger charge is 2.19. The summed E-state index contributed by atoms with van der Waals surface area (Å²) in [7, 11) is 2.06. The molecule has 1 rings (SSSR count). The number of carbonyl (C=O) groups is 1. The fourth-order valence-electron chi connectivity index (χ4n) is 1.66. The smallest absolute Gasteiger partial charge is 0.138 e. The third kappa shape index (κ3) is 4.25. The fourth-order valence-corrected chi connectivity index (χ4v) is 1.93. The molecular weight excluding hydrogens is 278 g/mol. The van der Waals surface area contributed by atoms with Gasteiger partial charge in [0.25, 0.3) is 0 Å². The second-order valence-electron chi connectivity index (χ2n) is 4.75. The summed E-state index contributed by atoms with van der Waals surface area (Å²) >= 11 is 3.41. The maximum atomic E-state index is 11.7. The van der Waals surface area contributed by atoms with Crippen LogP contribution >= 0.6 is 15.9 Å². The van der Waals surface area contributed by atoms with E-state index in [9.17, 15) is 4.79 Å². The Morgan fingerprint density at radius 1 is 1.29 bits per heavy atom. The van der Waals surface area contributed by atoms with Gasteiger partial charge in [-0.2, -0.15) is 0 Å². The van der Waals surface area contributed by atoms with Crippen LogP contribution < -0.4 is 0 Å². The van der Waals surface area contributed by atoms with Crippen LogP contribution in [0.1, 0.15) is 32.3 Å². The quantitative estimate of drug-likeness (QED) is 0.829. The lowest BCUT2D eigenvalue weighted by Crippen LogP contribution is -2.33. The Bertz CT molecular complexity index is 372. The van der Waals surface area contributed by atoms with Crippen molar-refractivity contribution >= 4 is 21.7 Å². The molecule has 0 aliphatic heterocycles. The first-order chi connectivity index (χ1) is 7.91. The standard InChI is InChI=1S/C14H20BrNO/c1-10(2)16(4)9-14(11(3)17)12-5-7-13(15)8-6-12/h5-8,10,14H,9H2,1-4H3/t14-/m0/s1. The number of ketones is 1. The predicted octanol–water partition coefficient (Wildman–Crippen LogP) is 3.46. The topological polar surface area (TPSA) is 20.3 Å². The molecule has 0 saturated heterocycles. The molecule has 0 spiro atoms. The molecule has 0 N–H and O–H groups in total. The second kappa shape index (κ2) is 6.31. The van der Waals surface area contributed by atoms with Crippen molar-refractivity contribution in [1.29, 1.82) is 0 Å². The first-order valence-corrected chi connectivity index (χ1v) is 6.67. The van der Waals surface area contributed by atoms with Gasteiger partial charge >= 0.3 is 0 Å². The highest BCUT2D eigenvalue weighted by Crippen LogP contribution is 2.21. The second-order valence-corrected chi connectivity index (χ2v) is 5.66. The van der Waals surface area contributed by atoms with Gasteiger partial charge in [-0.1, -0.05) is 28.1 Å². The van der Waals surface area contributed by atoms with Crippen molar-refractivity contribution in [3.05, 3.63) is 34.3 Å². The van der Waals surface area contributed by atoms with Crippen molar-refractivity contribution in [3.8, 4) is 0 Å². The minimum Gasteiger partial charge on any atom is -0.303 e. The average molecular weight is 298 g/mol. The Hall–Kier alpha value is -0.670. The fraction of sp³-hybridized carbons (Fsp3) is 0.500. The highest BCUT2D eigenvalue weighted by molar-refractivity contribution is 9.10. The van der Waals surface area contributed by atoms with Crippen LogP contribution in [0.5, 0.6) is 0 Å². The molecule has 0 saturated carbocycles. The van der Waals surface area contributed by atoms with Gasteiger partial charge in [0.15, 0.2) is 0 Å². The number of hydrogen-bond donors (Lipinski definition) is 0. The van der Waals surface area contributed by atoms with Gasteiger partial charge in [-0.05, 0) is 45.5 Å². The SMILES string of the molecule is CC(=O)[C@H](CN(C)C(C)C)c1ccc(Br)cc1. The van der Waals surface area contributed by atoms with Crippen LogP contribution in [0.15, 0.2) is 28.7 Å². The van der Waals surface area contributed by atoms with Crippen LogP contribution in [0, 0.1) is 0 Å². The molecule has 17 heavy (non-hydrogen) atoms. The highest BCUT2D eigenvalue weighted by atomic mass is 79.9. The molecule has 1 atom stereocenters. The lowest BCUT2D eigenvalue weighted by atomic mass is 9.94. The zero-order valence-corrected chi connectivity index (χ0v) is 12.5. The van der Waals surface area contributed by atoms with Gasteiger partial charge in [0, 0.05) is 17.1 Å². The number of nitrogens with zero attached hydrogens (tertiary/aromatic N) is 1. The third-order valence-electron chi connectivity index (χ3n) is 3.12. The maximum absolute atomic E-state index is 11.7. The molecule has 3 heteroatoms. The molecule has 0 heterocycles. The van der Waals surface area contributed by atoms with Gasteiger partial charge < -0.3 is 4.90 Å². The van der Waals surface area contributed by atoms with Gasteiger partial charge in [0.05, 0.1) is 5.92 Å². The van der Waals surface area contributed by atoms with Crippen LogP contribution in [0.25, 0.3) is 0 Å². The Kier molecular flexibility index (Phi) is 5.34. The minimum atomic E-state index is -0.0319. The number of halogens is 1. The summed E-state index contributed by atoms with van der Waals surface area (Å²) in [6.45, 7) is 6.72. The van der Waals surface area contributed by atoms with Crippen LogP contribution in [-0.2, 0) is 4.79 Å². The number of benzene rings is 1. The number of rotatable bonds is 5. The van der Waals surface area contributed by atoms with Crippen molar-refractivity contribution in [2.45, 2.75) is 32.7 Å². The van der Waals surface area contributed by atoms with Crippen molar-refractivity contribution in [1.82, 2.24) is 4.90 Å². The lowest BCUT2D eigenvalue weighted by molar-refractivity contribution is -0.118. The van der Waals surface area contributed by atoms with E-state index in [0.717, 1.165) is 16.6 Å². The number of Topliss-reactive ketones (excluding diaryl/α,β-unsaturated/α-hetero) is 1. The summed E-state index contributed by atoms with van der Waals surface area (Å²) < 4.78 is 1.04. The molecule has 0 aromatic heterocycles. The van der Waals surface area contributed by atoms with Crippen LogP contribution in [0.4, 0.5) is 0 Å². The molecule has 1 aromatic rings. The molecule has 0 bridgehead atoms. The maximum Gasteiger partial charge on any atom is 0.138 e. The van der Waals surface area contributed by atoms with Crippen molar-refractivity contribution < 1.29 is 4.79 Å². The van der Waals surface area contributed by atoms with Crippen molar-refractivity contribution in [2.24, 2.45) is 0 Å². The van der Waals surface area contributed by atoms with Gasteiger partial charge in [0.2, 0.25) is 0 Å². The van der Waals surface area contributed by atoms with E-state index in [1.165, 1.54) is 0 Å². The first kappa shape index (κ1) is 14.4. The summed E-state index contributed by atoms with van der Waals surface area (Å²) in [6.07, 6.45) is 0. The Morgan fingerprint density at radius 3 is 2.24 bits per heavy atom. The van der Waals surface area contributed by atoms with Gasteiger partial charge in [0.1, 0.15) is 5.78 Å². The summed E-state index contributed by atoms with van der Waals surface area (Å²) in [5.74, 6) is 0.190. The molecule has 2 nitrogen and oxygen atoms in total. The van der Waals surface area contributed by atoms with E-state index in [2.05, 4.69) is 41.7 Å². The molecule has 0 aliphatic carbocycles. The van der Waals surface area contributed by atoms with E-state index in [-0.39, 0.29) is 11.7 Å². The molecule has 0 fully saturated rings. The van der Waals surface area contributed by atoms with Crippen molar-refractivity contribution in [3.63, 3.8) is 0 Å². The molecule has 0 unspecified atom stereocenters. The van der Waals surface area contributed by atoms with E-state index in [1.807, 2.05) is 24.3 Å². The normalized spacial score (nSPS) is 13.1. The Morgan fingerprint density at radius 2 is 1.82 bits per heavy atom. The lowest BCUT2D eigenvalue weighted by Gasteiger charge is -2.25. The van der Waals surface area contributed by atoms with Gasteiger partial charge in [-0.15, -0.1) is 0 Å². The summed E-state index contributed by atoms with van der Waals surface area (Å²) in [5.41, 5.74) is 1.09. The molecule has 0 radical (unpaired) electrons. The third-order valence-corrected chi connectivity index (χ3v) is 3.64. The summed E-state index contributed by atoms with van der Waals surface area (Å²) in [6, 6.07) is 8.46. The predicted molar refractivity (Wildman–Crippen MR) is 75.3 cm³/mol. The van der Waals surface area contributed by atoms with Gasteiger partial charge in [-0.3, -0.25) is 4.79 Å². The van der Waals surface area contributed by atoms with Crippen LogP contribution in [-0.4, -0.2) is 30.3 Å². The molecule has 94 valence electrons. The van der Waals surface area contributed by atoms with Crippen LogP contribution in [0.2, 0.25) is 0 Å². The number of carbonyl (C=O) groups excluding carboxylic acids is 1. The monoisotopic (exact) mass is 297 g/mol. The van der Waals surface area contributed by atoms with Gasteiger partial charge in [-0.25, -0.2) is 0 Å². The largest absolute Gasteiger partial charge is 0.303 e. The van der Waals surface area contributed by atoms with E-state index >= 15 is 0 Å². The zero-order chi connectivity index (χ0) is 13.0. The van der Waals surface area contributed by atoms with Crippen LogP contribution in [0.3, 0.4) is 0 Å². The Labute approximate surface area is 112 Å². The summed E-state index contributed by atoms with van der Waals surface area (Å²) in [4.78, 5) is 14.0. The van der Waals surface area contributed by atoms with Crippen molar-refractivity contribution in [2.75, 3.05) is 13.6 Å². The van der Waals surface area contributed by atoms with E-state index in [1.54, 1.807) is 6.92 Å². The van der Waals surface area contributed by atoms with E-state index in [4.69, 9.17) is 0 Å². The van der Waals surface area contributed by atoms with E-state index < -0.39 is 0 Å². The summed E-state index contributed by atoms with van der Waals surface area (Å²) in [5, 5.41) is 0. The minimum absolute atomic E-state index is 0.0319. The molecule has 0 amide bonds. The first-order valence-electron chi connectivity index (χ1n) is 5.88. The average Bonchev–Trinajstić information content (AvgIpc) is 2.26. The van der Waals surface area contributed by atoms with E-state index in [0.29, 0.717) is 6.04 Å². The zero-order valence-electron chi connectivity index (χ0n) is 10.9. The number of likely N-dealkylation sites (N-methyl/N-ethyl adjacent to an activating group) is 1. The Balaban J connectivity index is 2.86. The molecular formula is C14H20BrNO.